The van der Waals surface area contributed by atoms with Crippen LogP contribution in [-0.2, 0) is 4.79 Å². The fraction of sp³-hybridized carbons (Fsp3) is 0.786. The monoisotopic (exact) mass is 296 g/mol. The first-order chi connectivity index (χ1) is 9.50. The third kappa shape index (κ3) is 3.34. The first kappa shape index (κ1) is 15.4. The summed E-state index contributed by atoms with van der Waals surface area (Å²) in [6, 6.07) is 0.503. The molecule has 20 heavy (non-hydrogen) atoms. The molecule has 6 heteroatoms. The summed E-state index contributed by atoms with van der Waals surface area (Å²) in [4.78, 5) is 13.6. The fourth-order valence-electron chi connectivity index (χ4n) is 2.76. The van der Waals surface area contributed by atoms with Crippen molar-refractivity contribution in [3.8, 4) is 0 Å². The van der Waals surface area contributed by atoms with E-state index in [0.29, 0.717) is 6.04 Å². The zero-order chi connectivity index (χ0) is 14.7. The van der Waals surface area contributed by atoms with Crippen LogP contribution in [0.5, 0.6) is 0 Å². The number of amides is 1. The molecular weight excluding hydrogens is 272 g/mol. The number of carbonyl (C=O) groups is 1. The van der Waals surface area contributed by atoms with Gasteiger partial charge >= 0.3 is 0 Å². The van der Waals surface area contributed by atoms with Gasteiger partial charge in [-0.25, -0.2) is 0 Å². The van der Waals surface area contributed by atoms with Crippen molar-refractivity contribution in [1.29, 1.82) is 0 Å². The van der Waals surface area contributed by atoms with Gasteiger partial charge in [-0.3, -0.25) is 4.79 Å². The lowest BCUT2D eigenvalue weighted by Gasteiger charge is -2.25. The minimum absolute atomic E-state index is 0.117. The summed E-state index contributed by atoms with van der Waals surface area (Å²) in [6.45, 7) is 3.94. The fourth-order valence-corrected chi connectivity index (χ4v) is 3.87. The molecule has 112 valence electrons. The van der Waals surface area contributed by atoms with E-state index in [9.17, 15) is 4.79 Å². The molecule has 1 aliphatic carbocycles. The molecule has 1 heterocycles. The van der Waals surface area contributed by atoms with E-state index in [1.807, 2.05) is 13.8 Å². The lowest BCUT2D eigenvalue weighted by atomic mass is 9.95. The van der Waals surface area contributed by atoms with Crippen molar-refractivity contribution < 1.29 is 4.79 Å². The maximum Gasteiger partial charge on any atom is 0.235 e. The molecule has 0 radical (unpaired) electrons. The van der Waals surface area contributed by atoms with Crippen molar-refractivity contribution in [3.05, 3.63) is 5.82 Å². The van der Waals surface area contributed by atoms with E-state index >= 15 is 0 Å². The van der Waals surface area contributed by atoms with Crippen LogP contribution in [0.4, 0.5) is 0 Å². The molecule has 0 bridgehead atoms. The molecule has 1 fully saturated rings. The Morgan fingerprint density at radius 2 is 1.95 bits per heavy atom. The molecule has 0 aliphatic heterocycles. The normalized spacial score (nSPS) is 18.0. The highest BCUT2D eigenvalue weighted by molar-refractivity contribution is 8.00. The standard InChI is InChI=1S/C14H24N4OS/c1-10(13(19)17(3)4)20-14-16-15-11(2)18(14)12-8-6-5-7-9-12/h10,12H,5-9H2,1-4H3/t10-/m0/s1. The summed E-state index contributed by atoms with van der Waals surface area (Å²) in [6.07, 6.45) is 6.28. The topological polar surface area (TPSA) is 51.0 Å². The summed E-state index contributed by atoms with van der Waals surface area (Å²) >= 11 is 1.52. The highest BCUT2D eigenvalue weighted by Gasteiger charge is 2.24. The lowest BCUT2D eigenvalue weighted by Crippen LogP contribution is -2.30. The van der Waals surface area contributed by atoms with Crippen LogP contribution in [0, 0.1) is 6.92 Å². The van der Waals surface area contributed by atoms with Crippen LogP contribution >= 0.6 is 11.8 Å². The summed E-state index contributed by atoms with van der Waals surface area (Å²) in [5.74, 6) is 1.08. The Labute approximate surface area is 125 Å². The Hall–Kier alpha value is -1.04. The van der Waals surface area contributed by atoms with Gasteiger partial charge in [-0.1, -0.05) is 31.0 Å². The summed E-state index contributed by atoms with van der Waals surface area (Å²) in [5, 5.41) is 9.25. The number of carbonyl (C=O) groups excluding carboxylic acids is 1. The number of hydrogen-bond donors (Lipinski definition) is 0. The van der Waals surface area contributed by atoms with Crippen LogP contribution < -0.4 is 0 Å². The highest BCUT2D eigenvalue weighted by Crippen LogP contribution is 2.33. The molecular formula is C14H24N4OS. The van der Waals surface area contributed by atoms with Crippen LogP contribution in [-0.4, -0.2) is 44.9 Å². The number of nitrogens with zero attached hydrogens (tertiary/aromatic N) is 4. The smallest absolute Gasteiger partial charge is 0.235 e. The van der Waals surface area contributed by atoms with Gasteiger partial charge in [0.05, 0.1) is 5.25 Å². The first-order valence-electron chi connectivity index (χ1n) is 7.30. The largest absolute Gasteiger partial charge is 0.348 e. The van der Waals surface area contributed by atoms with Crippen molar-refractivity contribution in [1.82, 2.24) is 19.7 Å². The van der Waals surface area contributed by atoms with Crippen LogP contribution in [0.1, 0.15) is 50.9 Å². The molecule has 0 aromatic carbocycles. The molecule has 1 aromatic heterocycles. The molecule has 1 aliphatic rings. The molecule has 1 atom stereocenters. The molecule has 0 N–H and O–H groups in total. The number of aryl methyl sites for hydroxylation is 1. The molecule has 1 aromatic rings. The second-order valence-corrected chi connectivity index (χ2v) is 6.99. The van der Waals surface area contributed by atoms with Crippen LogP contribution in [0.2, 0.25) is 0 Å². The Balaban J connectivity index is 2.14. The summed E-state index contributed by atoms with van der Waals surface area (Å²) in [7, 11) is 3.58. The average molecular weight is 296 g/mol. The van der Waals surface area contributed by atoms with Gasteiger partial charge in [0.15, 0.2) is 5.16 Å². The van der Waals surface area contributed by atoms with E-state index in [1.165, 1.54) is 43.9 Å². The van der Waals surface area contributed by atoms with Crippen molar-refractivity contribution in [2.24, 2.45) is 0 Å². The zero-order valence-corrected chi connectivity index (χ0v) is 13.6. The van der Waals surface area contributed by atoms with Crippen molar-refractivity contribution in [3.63, 3.8) is 0 Å². The Morgan fingerprint density at radius 3 is 2.55 bits per heavy atom. The average Bonchev–Trinajstić information content (AvgIpc) is 2.79. The van der Waals surface area contributed by atoms with Gasteiger partial charge in [0.1, 0.15) is 5.82 Å². The Bertz CT molecular complexity index is 466. The third-order valence-electron chi connectivity index (χ3n) is 3.85. The van der Waals surface area contributed by atoms with E-state index in [0.717, 1.165) is 11.0 Å². The minimum Gasteiger partial charge on any atom is -0.348 e. The first-order valence-corrected chi connectivity index (χ1v) is 8.18. The third-order valence-corrected chi connectivity index (χ3v) is 4.89. The quantitative estimate of drug-likeness (QED) is 0.802. The summed E-state index contributed by atoms with van der Waals surface area (Å²) in [5.41, 5.74) is 0. The molecule has 0 spiro atoms. The van der Waals surface area contributed by atoms with Gasteiger partial charge in [-0.05, 0) is 26.7 Å². The van der Waals surface area contributed by atoms with E-state index in [-0.39, 0.29) is 11.2 Å². The van der Waals surface area contributed by atoms with Gasteiger partial charge in [-0.15, -0.1) is 10.2 Å². The predicted molar refractivity (Wildman–Crippen MR) is 80.9 cm³/mol. The van der Waals surface area contributed by atoms with Gasteiger partial charge in [-0.2, -0.15) is 0 Å². The SMILES string of the molecule is Cc1nnc(S[C@@H](C)C(=O)N(C)C)n1C1CCCCC1. The van der Waals surface area contributed by atoms with Gasteiger partial charge < -0.3 is 9.47 Å². The number of rotatable bonds is 4. The van der Waals surface area contributed by atoms with E-state index in [4.69, 9.17) is 0 Å². The lowest BCUT2D eigenvalue weighted by molar-refractivity contribution is -0.127. The maximum atomic E-state index is 12.0. The Morgan fingerprint density at radius 1 is 1.30 bits per heavy atom. The Kier molecular flexibility index (Phi) is 5.07. The second-order valence-electron chi connectivity index (χ2n) is 5.68. The second kappa shape index (κ2) is 6.61. The van der Waals surface area contributed by atoms with Crippen LogP contribution in [0.15, 0.2) is 5.16 Å². The van der Waals surface area contributed by atoms with Crippen molar-refractivity contribution in [2.45, 2.75) is 62.4 Å². The van der Waals surface area contributed by atoms with Gasteiger partial charge in [0.2, 0.25) is 5.91 Å². The predicted octanol–water partition coefficient (Wildman–Crippen LogP) is 2.66. The highest BCUT2D eigenvalue weighted by atomic mass is 32.2. The number of thioether (sulfide) groups is 1. The van der Waals surface area contributed by atoms with E-state index < -0.39 is 0 Å². The number of hydrogen-bond acceptors (Lipinski definition) is 4. The zero-order valence-electron chi connectivity index (χ0n) is 12.8. The molecule has 1 saturated carbocycles. The minimum atomic E-state index is -0.129. The van der Waals surface area contributed by atoms with E-state index in [1.54, 1.807) is 19.0 Å². The van der Waals surface area contributed by atoms with Gasteiger partial charge in [0, 0.05) is 20.1 Å². The number of aromatic nitrogens is 3. The maximum absolute atomic E-state index is 12.0. The molecule has 5 nitrogen and oxygen atoms in total. The van der Waals surface area contributed by atoms with Crippen LogP contribution in [0.25, 0.3) is 0 Å². The van der Waals surface area contributed by atoms with Crippen molar-refractivity contribution >= 4 is 17.7 Å². The molecule has 0 saturated heterocycles. The summed E-state index contributed by atoms with van der Waals surface area (Å²) < 4.78 is 2.24. The van der Waals surface area contributed by atoms with Crippen molar-refractivity contribution in [2.75, 3.05) is 14.1 Å². The molecule has 1 amide bonds. The molecule has 0 unspecified atom stereocenters. The van der Waals surface area contributed by atoms with Crippen LogP contribution in [0.3, 0.4) is 0 Å². The van der Waals surface area contributed by atoms with Gasteiger partial charge in [0.25, 0.3) is 0 Å². The molecule has 2 rings (SSSR count). The van der Waals surface area contributed by atoms with E-state index in [2.05, 4.69) is 14.8 Å².